The molecular formula is C21H20O. The van der Waals surface area contributed by atoms with E-state index in [1.807, 2.05) is 26.0 Å². The molecule has 1 saturated carbocycles. The quantitative estimate of drug-likeness (QED) is 0.519. The van der Waals surface area contributed by atoms with Crippen molar-refractivity contribution in [1.29, 1.82) is 0 Å². The minimum atomic E-state index is 0.759. The van der Waals surface area contributed by atoms with Gasteiger partial charge in [0.2, 0.25) is 0 Å². The molecule has 0 bridgehead atoms. The molecule has 22 heavy (non-hydrogen) atoms. The van der Waals surface area contributed by atoms with Crippen molar-refractivity contribution in [3.63, 3.8) is 0 Å². The molecule has 0 saturated heterocycles. The standard InChI is InChI=1S/C19H14O.C2H6/c1-2-7-18-16(4-1)17-6-3-5-15(19(17)20-18)13-9-8-12-10-14(12)11-13;1-2/h1-9,11-12,14H,10H2;1-2H3. The monoisotopic (exact) mass is 288 g/mol. The maximum Gasteiger partial charge on any atom is 0.143 e. The van der Waals surface area contributed by atoms with E-state index in [0.29, 0.717) is 0 Å². The number of hydrogen-bond donors (Lipinski definition) is 0. The Balaban J connectivity index is 0.000000602. The SMILES string of the molecule is C1=CC2CC2C=C1c1cccc2c1oc1ccccc12.CC. The van der Waals surface area contributed by atoms with E-state index in [-0.39, 0.29) is 0 Å². The molecule has 0 radical (unpaired) electrons. The lowest BCUT2D eigenvalue weighted by Crippen LogP contribution is -1.88. The molecule has 0 spiro atoms. The molecule has 1 fully saturated rings. The zero-order valence-electron chi connectivity index (χ0n) is 13.0. The van der Waals surface area contributed by atoms with Crippen LogP contribution in [0.15, 0.2) is 65.1 Å². The lowest BCUT2D eigenvalue weighted by atomic mass is 9.98. The summed E-state index contributed by atoms with van der Waals surface area (Å²) in [5.41, 5.74) is 4.53. The fraction of sp³-hybridized carbons (Fsp3) is 0.238. The molecule has 1 aromatic heterocycles. The highest BCUT2D eigenvalue weighted by atomic mass is 16.3. The van der Waals surface area contributed by atoms with Gasteiger partial charge in [0.15, 0.2) is 0 Å². The Morgan fingerprint density at radius 2 is 1.73 bits per heavy atom. The van der Waals surface area contributed by atoms with Gasteiger partial charge in [0.1, 0.15) is 11.2 Å². The third-order valence-corrected chi connectivity index (χ3v) is 4.52. The predicted molar refractivity (Wildman–Crippen MR) is 93.8 cm³/mol. The largest absolute Gasteiger partial charge is 0.455 e. The first-order valence-corrected chi connectivity index (χ1v) is 8.21. The van der Waals surface area contributed by atoms with E-state index in [1.54, 1.807) is 0 Å². The molecule has 2 unspecified atom stereocenters. The normalized spacial score (nSPS) is 22.0. The van der Waals surface area contributed by atoms with Crippen LogP contribution in [0.5, 0.6) is 0 Å². The molecule has 0 aliphatic heterocycles. The van der Waals surface area contributed by atoms with Gasteiger partial charge in [-0.05, 0) is 29.9 Å². The lowest BCUT2D eigenvalue weighted by molar-refractivity contribution is 0.667. The topological polar surface area (TPSA) is 13.1 Å². The zero-order chi connectivity index (χ0) is 15.1. The van der Waals surface area contributed by atoms with Crippen LogP contribution in [-0.2, 0) is 0 Å². The molecule has 0 amide bonds. The first-order chi connectivity index (χ1) is 10.9. The molecule has 3 aromatic rings. The number of benzene rings is 2. The average molecular weight is 288 g/mol. The van der Waals surface area contributed by atoms with Gasteiger partial charge in [0, 0.05) is 16.3 Å². The predicted octanol–water partition coefficient (Wildman–Crippen LogP) is 6.20. The van der Waals surface area contributed by atoms with Crippen LogP contribution in [0, 0.1) is 11.8 Å². The average Bonchev–Trinajstić information content (AvgIpc) is 3.27. The van der Waals surface area contributed by atoms with Crippen LogP contribution in [0.3, 0.4) is 0 Å². The van der Waals surface area contributed by atoms with Crippen molar-refractivity contribution in [2.24, 2.45) is 11.8 Å². The van der Waals surface area contributed by atoms with E-state index in [4.69, 9.17) is 4.42 Å². The first kappa shape index (κ1) is 13.4. The van der Waals surface area contributed by atoms with Crippen molar-refractivity contribution in [1.82, 2.24) is 0 Å². The minimum absolute atomic E-state index is 0.759. The Labute approximate surface area is 130 Å². The molecule has 2 aliphatic rings. The summed E-state index contributed by atoms with van der Waals surface area (Å²) in [4.78, 5) is 0. The Morgan fingerprint density at radius 1 is 0.909 bits per heavy atom. The zero-order valence-corrected chi connectivity index (χ0v) is 13.0. The van der Waals surface area contributed by atoms with E-state index < -0.39 is 0 Å². The highest BCUT2D eigenvalue weighted by Gasteiger charge is 2.35. The van der Waals surface area contributed by atoms with Crippen molar-refractivity contribution in [2.45, 2.75) is 20.3 Å². The first-order valence-electron chi connectivity index (χ1n) is 8.21. The number of para-hydroxylation sites is 2. The summed E-state index contributed by atoms with van der Waals surface area (Å²) in [7, 11) is 0. The van der Waals surface area contributed by atoms with E-state index >= 15 is 0 Å². The fourth-order valence-corrected chi connectivity index (χ4v) is 3.32. The number of hydrogen-bond acceptors (Lipinski definition) is 1. The van der Waals surface area contributed by atoms with Gasteiger partial charge in [-0.3, -0.25) is 0 Å². The van der Waals surface area contributed by atoms with Crippen molar-refractivity contribution in [2.75, 3.05) is 0 Å². The van der Waals surface area contributed by atoms with Gasteiger partial charge in [-0.1, -0.05) is 68.5 Å². The third kappa shape index (κ3) is 2.00. The maximum absolute atomic E-state index is 6.11. The van der Waals surface area contributed by atoms with Gasteiger partial charge >= 0.3 is 0 Å². The summed E-state index contributed by atoms with van der Waals surface area (Å²) < 4.78 is 6.11. The number of allylic oxidation sites excluding steroid dienone is 4. The van der Waals surface area contributed by atoms with Crippen LogP contribution < -0.4 is 0 Å². The minimum Gasteiger partial charge on any atom is -0.455 e. The van der Waals surface area contributed by atoms with Crippen molar-refractivity contribution < 1.29 is 4.42 Å². The highest BCUT2D eigenvalue weighted by Crippen LogP contribution is 2.47. The van der Waals surface area contributed by atoms with Crippen LogP contribution in [0.4, 0.5) is 0 Å². The van der Waals surface area contributed by atoms with Gasteiger partial charge in [-0.2, -0.15) is 0 Å². The van der Waals surface area contributed by atoms with Crippen molar-refractivity contribution >= 4 is 27.5 Å². The second kappa shape index (κ2) is 5.17. The highest BCUT2D eigenvalue weighted by molar-refractivity contribution is 6.08. The van der Waals surface area contributed by atoms with E-state index in [0.717, 1.165) is 23.0 Å². The van der Waals surface area contributed by atoms with Crippen molar-refractivity contribution in [3.05, 3.63) is 66.3 Å². The number of rotatable bonds is 1. The summed E-state index contributed by atoms with van der Waals surface area (Å²) in [5, 5.41) is 2.42. The molecule has 2 aliphatic carbocycles. The maximum atomic E-state index is 6.11. The third-order valence-electron chi connectivity index (χ3n) is 4.52. The second-order valence-corrected chi connectivity index (χ2v) is 5.83. The molecule has 0 N–H and O–H groups in total. The Hall–Kier alpha value is -2.28. The van der Waals surface area contributed by atoms with E-state index in [1.165, 1.54) is 28.3 Å². The molecule has 1 heteroatoms. The molecule has 110 valence electrons. The number of fused-ring (bicyclic) bond motifs is 4. The van der Waals surface area contributed by atoms with Gasteiger partial charge in [0.05, 0.1) is 0 Å². The van der Waals surface area contributed by atoms with E-state index in [2.05, 4.69) is 48.6 Å². The van der Waals surface area contributed by atoms with Crippen LogP contribution in [0.1, 0.15) is 25.8 Å². The summed E-state index contributed by atoms with van der Waals surface area (Å²) in [5.74, 6) is 1.56. The molecule has 5 rings (SSSR count). The summed E-state index contributed by atoms with van der Waals surface area (Å²) in [6, 6.07) is 14.7. The van der Waals surface area contributed by atoms with Crippen LogP contribution in [0.25, 0.3) is 27.5 Å². The molecule has 2 aromatic carbocycles. The fourth-order valence-electron chi connectivity index (χ4n) is 3.32. The van der Waals surface area contributed by atoms with Gasteiger partial charge in [-0.15, -0.1) is 0 Å². The van der Waals surface area contributed by atoms with E-state index in [9.17, 15) is 0 Å². The summed E-state index contributed by atoms with van der Waals surface area (Å²) in [6.45, 7) is 4.00. The molecule has 1 heterocycles. The Bertz CT molecular complexity index is 895. The number of furan rings is 1. The molecule has 1 nitrogen and oxygen atoms in total. The second-order valence-electron chi connectivity index (χ2n) is 5.83. The summed E-state index contributed by atoms with van der Waals surface area (Å²) >= 11 is 0. The lowest BCUT2D eigenvalue weighted by Gasteiger charge is -2.07. The van der Waals surface area contributed by atoms with Gasteiger partial charge in [-0.25, -0.2) is 0 Å². The van der Waals surface area contributed by atoms with Crippen LogP contribution in [0.2, 0.25) is 0 Å². The van der Waals surface area contributed by atoms with Crippen LogP contribution in [-0.4, -0.2) is 0 Å². The van der Waals surface area contributed by atoms with Crippen molar-refractivity contribution in [3.8, 4) is 0 Å². The van der Waals surface area contributed by atoms with Crippen LogP contribution >= 0.6 is 0 Å². The molecule has 2 atom stereocenters. The smallest absolute Gasteiger partial charge is 0.143 e. The van der Waals surface area contributed by atoms with Gasteiger partial charge in [0.25, 0.3) is 0 Å². The van der Waals surface area contributed by atoms with Gasteiger partial charge < -0.3 is 4.42 Å². The molecular weight excluding hydrogens is 268 g/mol. The Morgan fingerprint density at radius 3 is 2.59 bits per heavy atom. The summed E-state index contributed by atoms with van der Waals surface area (Å²) in [6.07, 6.45) is 8.33. The Kier molecular flexibility index (Phi) is 3.15.